The molecule has 0 atom stereocenters. The Hall–Kier alpha value is -3.60. The molecule has 0 amide bonds. The highest BCUT2D eigenvalue weighted by Gasteiger charge is 2.24. The van der Waals surface area contributed by atoms with Gasteiger partial charge in [0.05, 0.1) is 16.6 Å². The van der Waals surface area contributed by atoms with Crippen molar-refractivity contribution in [1.29, 1.82) is 5.26 Å². The zero-order valence-electron chi connectivity index (χ0n) is 20.9. The summed E-state index contributed by atoms with van der Waals surface area (Å²) in [6.45, 7) is 8.18. The third-order valence-corrected chi connectivity index (χ3v) is 5.66. The third-order valence-electron chi connectivity index (χ3n) is 5.66. The highest BCUT2D eigenvalue weighted by atomic mass is 16.1. The van der Waals surface area contributed by atoms with Gasteiger partial charge in [0, 0.05) is 42.2 Å². The van der Waals surface area contributed by atoms with Crippen LogP contribution in [0.5, 0.6) is 0 Å². The molecule has 1 aromatic heterocycles. The number of hydrogen-bond acceptors (Lipinski definition) is 6. The summed E-state index contributed by atoms with van der Waals surface area (Å²) in [5.41, 5.74) is 9.49. The Morgan fingerprint density at radius 3 is 2.53 bits per heavy atom. The fourth-order valence-electron chi connectivity index (χ4n) is 3.96. The van der Waals surface area contributed by atoms with Gasteiger partial charge in [-0.05, 0) is 49.2 Å². The Bertz CT molecular complexity index is 1210. The van der Waals surface area contributed by atoms with Crippen LogP contribution in [-0.2, 0) is 0 Å². The summed E-state index contributed by atoms with van der Waals surface area (Å²) in [5, 5.41) is 13.1. The van der Waals surface area contributed by atoms with Crippen molar-refractivity contribution in [2.45, 2.75) is 59.2 Å². The lowest BCUT2D eigenvalue weighted by Gasteiger charge is -2.25. The second kappa shape index (κ2) is 13.2. The molecule has 0 aliphatic carbocycles. The minimum atomic E-state index is -0.134. The van der Waals surface area contributed by atoms with Gasteiger partial charge >= 0.3 is 0 Å². The van der Waals surface area contributed by atoms with Crippen molar-refractivity contribution in [3.63, 3.8) is 0 Å². The molecule has 0 unspecified atom stereocenters. The van der Waals surface area contributed by atoms with E-state index >= 15 is 0 Å². The van der Waals surface area contributed by atoms with Crippen LogP contribution >= 0.6 is 0 Å². The maximum absolute atomic E-state index is 13.1. The smallest absolute Gasteiger partial charge is 0.268 e. The fourth-order valence-corrected chi connectivity index (χ4v) is 3.96. The van der Waals surface area contributed by atoms with Gasteiger partial charge in [0.1, 0.15) is 6.33 Å². The molecule has 1 aliphatic rings. The lowest BCUT2D eigenvalue weighted by Crippen LogP contribution is -2.29. The highest BCUT2D eigenvalue weighted by molar-refractivity contribution is 6.67. The van der Waals surface area contributed by atoms with Gasteiger partial charge in [-0.25, -0.2) is 10.2 Å². The molecule has 0 saturated carbocycles. The predicted octanol–water partition coefficient (Wildman–Crippen LogP) is 5.20. The average Bonchev–Trinajstić information content (AvgIpc) is 2.89. The number of anilines is 2. The van der Waals surface area contributed by atoms with Crippen molar-refractivity contribution in [2.24, 2.45) is 4.99 Å². The Labute approximate surface area is 202 Å². The van der Waals surface area contributed by atoms with Crippen LogP contribution in [-0.4, -0.2) is 35.6 Å². The molecule has 34 heavy (non-hydrogen) atoms. The van der Waals surface area contributed by atoms with E-state index in [1.807, 2.05) is 52.0 Å². The molecule has 0 radical (unpaired) electrons. The molecular formula is C26H35BN6O. The first-order chi connectivity index (χ1) is 16.6. The van der Waals surface area contributed by atoms with Crippen LogP contribution < -0.4 is 16.6 Å². The minimum Gasteiger partial charge on any atom is -0.398 e. The first kappa shape index (κ1) is 26.7. The van der Waals surface area contributed by atoms with Gasteiger partial charge in [-0.1, -0.05) is 40.3 Å². The van der Waals surface area contributed by atoms with E-state index in [1.54, 1.807) is 31.7 Å². The molecule has 2 heterocycles. The Morgan fingerprint density at radius 2 is 1.88 bits per heavy atom. The maximum Gasteiger partial charge on any atom is 0.268 e. The van der Waals surface area contributed by atoms with E-state index in [2.05, 4.69) is 21.3 Å². The van der Waals surface area contributed by atoms with E-state index in [1.165, 1.54) is 4.57 Å². The molecule has 4 rings (SSSR count). The van der Waals surface area contributed by atoms with Crippen LogP contribution in [0.2, 0.25) is 12.6 Å². The molecule has 0 bridgehead atoms. The minimum absolute atomic E-state index is 0.134. The molecule has 1 aliphatic heterocycles. The summed E-state index contributed by atoms with van der Waals surface area (Å²) in [7, 11) is 1.68. The molecular weight excluding hydrogens is 423 g/mol. The number of fused-ring (bicyclic) bond motifs is 1. The third kappa shape index (κ3) is 6.25. The van der Waals surface area contributed by atoms with Gasteiger partial charge in [-0.3, -0.25) is 14.4 Å². The molecule has 3 aromatic rings. The number of nitrogens with zero attached hydrogens (tertiary/aromatic N) is 4. The van der Waals surface area contributed by atoms with Crippen molar-refractivity contribution in [1.82, 2.24) is 9.55 Å². The number of nitrogens with two attached hydrogens (primary N) is 1. The van der Waals surface area contributed by atoms with Gasteiger partial charge in [0.15, 0.2) is 0 Å². The molecule has 1 saturated heterocycles. The number of aliphatic imine (C=N–C) groups is 1. The summed E-state index contributed by atoms with van der Waals surface area (Å²) in [6.07, 6.45) is 7.02. The number of benzene rings is 2. The molecule has 7 nitrogen and oxygen atoms in total. The Kier molecular flexibility index (Phi) is 10.3. The van der Waals surface area contributed by atoms with Crippen LogP contribution in [0, 0.1) is 11.2 Å². The lowest BCUT2D eigenvalue weighted by atomic mass is 9.42. The topological polar surface area (TPSA) is 109 Å². The maximum atomic E-state index is 13.1. The van der Waals surface area contributed by atoms with Gasteiger partial charge in [-0.2, -0.15) is 0 Å². The van der Waals surface area contributed by atoms with Gasteiger partial charge in [0.2, 0.25) is 0 Å². The molecule has 8 heteroatoms. The molecule has 178 valence electrons. The van der Waals surface area contributed by atoms with E-state index in [0.717, 1.165) is 36.7 Å². The monoisotopic (exact) mass is 458 g/mol. The second-order valence-electron chi connectivity index (χ2n) is 7.67. The van der Waals surface area contributed by atoms with Crippen LogP contribution in [0.1, 0.15) is 46.1 Å². The standard InChI is InChI=1S/C22H23BN6O.2C2H6/c1-26-12-15-10-18(3-5-20(15)25)29-14-27-21-11-17(2-4-19(21)22(29)30)28-16-6-8-23(13-24)9-7-16;2*1-2/h2-5,10-12,14,16,28H,6-9,25H2,1H3;2*1-2H3. The average molecular weight is 458 g/mol. The number of hydrogen-bond donors (Lipinski definition) is 2. The number of rotatable bonds is 4. The van der Waals surface area contributed by atoms with Crippen molar-refractivity contribution in [3.05, 3.63) is 58.6 Å². The van der Waals surface area contributed by atoms with Crippen molar-refractivity contribution < 1.29 is 0 Å². The van der Waals surface area contributed by atoms with Crippen molar-refractivity contribution >= 4 is 35.2 Å². The molecule has 0 spiro atoms. The normalized spacial score (nSPS) is 13.5. The summed E-state index contributed by atoms with van der Waals surface area (Å²) < 4.78 is 1.52. The number of nitriles is 1. The Balaban J connectivity index is 0.000000970. The molecule has 3 N–H and O–H groups in total. The first-order valence-electron chi connectivity index (χ1n) is 12.1. The van der Waals surface area contributed by atoms with E-state index in [9.17, 15) is 4.79 Å². The highest BCUT2D eigenvalue weighted by Crippen LogP contribution is 2.24. The molecule has 1 fully saturated rings. The fraction of sp³-hybridized carbons (Fsp3) is 0.385. The van der Waals surface area contributed by atoms with Gasteiger partial charge < -0.3 is 11.1 Å². The second-order valence-corrected chi connectivity index (χ2v) is 7.67. The zero-order valence-corrected chi connectivity index (χ0v) is 20.9. The summed E-state index contributed by atoms with van der Waals surface area (Å²) >= 11 is 0. The first-order valence-corrected chi connectivity index (χ1v) is 12.1. The van der Waals surface area contributed by atoms with Crippen LogP contribution in [0.4, 0.5) is 11.4 Å². The number of aromatic nitrogens is 2. The van der Waals surface area contributed by atoms with Gasteiger partial charge in [-0.15, -0.1) is 0 Å². The number of nitrogens with one attached hydrogen (secondary N) is 1. The van der Waals surface area contributed by atoms with E-state index in [-0.39, 0.29) is 12.3 Å². The van der Waals surface area contributed by atoms with E-state index < -0.39 is 0 Å². The summed E-state index contributed by atoms with van der Waals surface area (Å²) in [4.78, 5) is 21.6. The zero-order chi connectivity index (χ0) is 25.1. The summed E-state index contributed by atoms with van der Waals surface area (Å²) in [6, 6.07) is 11.4. The van der Waals surface area contributed by atoms with E-state index in [4.69, 9.17) is 11.0 Å². The van der Waals surface area contributed by atoms with Crippen molar-refractivity contribution in [2.75, 3.05) is 18.1 Å². The predicted molar refractivity (Wildman–Crippen MR) is 146 cm³/mol. The Morgan fingerprint density at radius 1 is 1.18 bits per heavy atom. The summed E-state index contributed by atoms with van der Waals surface area (Å²) in [5.74, 6) is 2.36. The van der Waals surface area contributed by atoms with Crippen LogP contribution in [0.25, 0.3) is 16.6 Å². The van der Waals surface area contributed by atoms with Crippen LogP contribution in [0.15, 0.2) is 52.5 Å². The SMILES string of the molecule is CC.CC.CN=Cc1cc(-n2cnc3cc(NC4CCB(C#N)CC4)ccc3c2=O)ccc1N. The van der Waals surface area contributed by atoms with Gasteiger partial charge in [0.25, 0.3) is 12.3 Å². The number of nitrogen functional groups attached to an aromatic ring is 1. The van der Waals surface area contributed by atoms with Crippen LogP contribution in [0.3, 0.4) is 0 Å². The van der Waals surface area contributed by atoms with Crippen molar-refractivity contribution in [3.8, 4) is 11.7 Å². The lowest BCUT2D eigenvalue weighted by molar-refractivity contribution is 0.640. The largest absolute Gasteiger partial charge is 0.398 e. The molecule has 2 aromatic carbocycles. The van der Waals surface area contributed by atoms with E-state index in [0.29, 0.717) is 28.3 Å². The quantitative estimate of drug-likeness (QED) is 0.317.